The summed E-state index contributed by atoms with van der Waals surface area (Å²) in [5, 5.41) is 2.35. The third-order valence-corrected chi connectivity index (χ3v) is 3.53. The Bertz CT molecular complexity index is 502. The first-order chi connectivity index (χ1) is 11.1. The lowest BCUT2D eigenvalue weighted by Gasteiger charge is -2.22. The van der Waals surface area contributed by atoms with E-state index in [1.165, 1.54) is 14.2 Å². The van der Waals surface area contributed by atoms with Crippen molar-refractivity contribution in [2.24, 2.45) is 17.8 Å². The van der Waals surface area contributed by atoms with Gasteiger partial charge in [-0.3, -0.25) is 9.59 Å². The fraction of sp³-hybridized carbons (Fsp3) is 0.733. The minimum Gasteiger partial charge on any atom is -0.469 e. The molecule has 0 saturated heterocycles. The predicted molar refractivity (Wildman–Crippen MR) is 79.7 cm³/mol. The molecule has 1 amide bonds. The van der Waals surface area contributed by atoms with Crippen LogP contribution in [-0.2, 0) is 33.3 Å². The monoisotopic (exact) mass is 345 g/mol. The molecule has 0 aromatic carbocycles. The van der Waals surface area contributed by atoms with Crippen molar-refractivity contribution >= 4 is 24.0 Å². The van der Waals surface area contributed by atoms with Crippen LogP contribution in [0.1, 0.15) is 20.8 Å². The molecule has 0 heterocycles. The van der Waals surface area contributed by atoms with E-state index in [1.807, 2.05) is 0 Å². The molecule has 0 aromatic heterocycles. The topological polar surface area (TPSA) is 117 Å². The molecular weight excluding hydrogens is 322 g/mol. The smallest absolute Gasteiger partial charge is 0.408 e. The van der Waals surface area contributed by atoms with Crippen LogP contribution in [0.15, 0.2) is 0 Å². The van der Waals surface area contributed by atoms with E-state index in [1.54, 1.807) is 20.8 Å². The predicted octanol–water partition coefficient (Wildman–Crippen LogP) is 0.261. The van der Waals surface area contributed by atoms with Gasteiger partial charge in [0.1, 0.15) is 11.6 Å². The molecule has 9 heteroatoms. The number of ether oxygens (including phenoxy) is 4. The van der Waals surface area contributed by atoms with Gasteiger partial charge in [0.15, 0.2) is 0 Å². The summed E-state index contributed by atoms with van der Waals surface area (Å²) < 4.78 is 19.0. The van der Waals surface area contributed by atoms with Crippen molar-refractivity contribution in [3.05, 3.63) is 0 Å². The lowest BCUT2D eigenvalue weighted by molar-refractivity contribution is -0.148. The van der Waals surface area contributed by atoms with Gasteiger partial charge in [-0.1, -0.05) is 0 Å². The van der Waals surface area contributed by atoms with Gasteiger partial charge in [-0.2, -0.15) is 0 Å². The van der Waals surface area contributed by atoms with Gasteiger partial charge in [-0.15, -0.1) is 0 Å². The van der Waals surface area contributed by atoms with Gasteiger partial charge < -0.3 is 24.3 Å². The van der Waals surface area contributed by atoms with Crippen LogP contribution < -0.4 is 5.32 Å². The van der Waals surface area contributed by atoms with Gasteiger partial charge in [-0.25, -0.2) is 9.59 Å². The maximum Gasteiger partial charge on any atom is 0.408 e. The maximum atomic E-state index is 12.0. The highest BCUT2D eigenvalue weighted by Crippen LogP contribution is 2.50. The summed E-state index contributed by atoms with van der Waals surface area (Å²) in [6.07, 6.45) is -0.864. The first-order valence-electron chi connectivity index (χ1n) is 7.30. The molecule has 1 aliphatic rings. The summed E-state index contributed by atoms with van der Waals surface area (Å²) in [5.41, 5.74) is -0.780. The summed E-state index contributed by atoms with van der Waals surface area (Å²) >= 11 is 0. The molecule has 9 nitrogen and oxygen atoms in total. The van der Waals surface area contributed by atoms with E-state index in [-0.39, 0.29) is 0 Å². The molecule has 0 spiro atoms. The molecule has 1 aliphatic carbocycles. The molecule has 0 radical (unpaired) electrons. The number of hydrogen-bond acceptors (Lipinski definition) is 8. The number of hydrogen-bond donors (Lipinski definition) is 1. The minimum absolute atomic E-state index is 0.671. The van der Waals surface area contributed by atoms with E-state index in [2.05, 4.69) is 19.5 Å². The van der Waals surface area contributed by atoms with Crippen LogP contribution in [0, 0.1) is 17.8 Å². The standard InChI is InChI=1S/C15H23NO8/c1-15(2,3)24-14(20)16-10(13(19)23-6)7-8(11(17)21-4)9(7)12(18)22-5/h7-10H,1-6H3,(H,16,20)/t7?,8?,9?,10-/m0/s1. The van der Waals surface area contributed by atoms with Crippen LogP contribution in [0.5, 0.6) is 0 Å². The van der Waals surface area contributed by atoms with Crippen LogP contribution in [0.25, 0.3) is 0 Å². The largest absolute Gasteiger partial charge is 0.469 e. The second kappa shape index (κ2) is 7.50. The second-order valence-corrected chi connectivity index (χ2v) is 6.32. The Labute approximate surface area is 139 Å². The first kappa shape index (κ1) is 19.7. The number of methoxy groups -OCH3 is 3. The first-order valence-corrected chi connectivity index (χ1v) is 7.30. The van der Waals surface area contributed by atoms with Crippen molar-refractivity contribution in [3.8, 4) is 0 Å². The average Bonchev–Trinajstić information content (AvgIpc) is 3.23. The van der Waals surface area contributed by atoms with Gasteiger partial charge in [-0.05, 0) is 20.8 Å². The zero-order valence-corrected chi connectivity index (χ0v) is 14.6. The summed E-state index contributed by atoms with van der Waals surface area (Å²) in [7, 11) is 3.47. The Morgan fingerprint density at radius 2 is 1.33 bits per heavy atom. The normalized spacial score (nSPS) is 23.5. The number of esters is 3. The summed E-state index contributed by atoms with van der Waals surface area (Å²) in [6, 6.07) is -1.24. The quantitative estimate of drug-likeness (QED) is 0.557. The molecule has 0 bridgehead atoms. The van der Waals surface area contributed by atoms with E-state index >= 15 is 0 Å². The van der Waals surface area contributed by atoms with Crippen molar-refractivity contribution in [2.45, 2.75) is 32.4 Å². The highest BCUT2D eigenvalue weighted by molar-refractivity contribution is 5.92. The van der Waals surface area contributed by atoms with E-state index in [0.29, 0.717) is 0 Å². The van der Waals surface area contributed by atoms with Crippen LogP contribution in [-0.4, -0.2) is 57.0 Å². The number of carbonyl (C=O) groups excluding carboxylic acids is 4. The lowest BCUT2D eigenvalue weighted by atomic mass is 10.1. The molecule has 1 rings (SSSR count). The number of nitrogens with one attached hydrogen (secondary N) is 1. The van der Waals surface area contributed by atoms with E-state index < -0.39 is 53.4 Å². The van der Waals surface area contributed by atoms with Crippen molar-refractivity contribution in [3.63, 3.8) is 0 Å². The second-order valence-electron chi connectivity index (χ2n) is 6.32. The molecular formula is C15H23NO8. The number of rotatable bonds is 5. The van der Waals surface area contributed by atoms with Gasteiger partial charge >= 0.3 is 24.0 Å². The average molecular weight is 345 g/mol. The SMILES string of the molecule is COC(=O)C1C(C(=O)OC)C1[C@H](NC(=O)OC(C)(C)C)C(=O)OC. The highest BCUT2D eigenvalue weighted by Gasteiger charge is 2.65. The van der Waals surface area contributed by atoms with Gasteiger partial charge in [0.2, 0.25) is 0 Å². The molecule has 0 aliphatic heterocycles. The van der Waals surface area contributed by atoms with Crippen LogP contribution in [0.3, 0.4) is 0 Å². The van der Waals surface area contributed by atoms with E-state index in [0.717, 1.165) is 7.11 Å². The molecule has 1 fully saturated rings. The van der Waals surface area contributed by atoms with Gasteiger partial charge in [0.05, 0.1) is 33.2 Å². The summed E-state index contributed by atoms with van der Waals surface area (Å²) in [6.45, 7) is 4.97. The van der Waals surface area contributed by atoms with Crippen molar-refractivity contribution in [1.29, 1.82) is 0 Å². The molecule has 1 N–H and O–H groups in total. The molecule has 136 valence electrons. The summed E-state index contributed by atoms with van der Waals surface area (Å²) in [5.74, 6) is -4.77. The number of alkyl carbamates (subject to hydrolysis) is 1. The van der Waals surface area contributed by atoms with Crippen molar-refractivity contribution < 1.29 is 38.1 Å². The molecule has 0 aromatic rings. The zero-order chi connectivity index (χ0) is 18.7. The van der Waals surface area contributed by atoms with E-state index in [4.69, 9.17) is 4.74 Å². The zero-order valence-electron chi connectivity index (χ0n) is 14.6. The summed E-state index contributed by atoms with van der Waals surface area (Å²) in [4.78, 5) is 47.6. The lowest BCUT2D eigenvalue weighted by Crippen LogP contribution is -2.46. The third kappa shape index (κ3) is 4.59. The molecule has 1 saturated carbocycles. The number of carbonyl (C=O) groups is 4. The van der Waals surface area contributed by atoms with Crippen LogP contribution in [0.4, 0.5) is 4.79 Å². The highest BCUT2D eigenvalue weighted by atomic mass is 16.6. The Hall–Kier alpha value is -2.32. The van der Waals surface area contributed by atoms with Crippen LogP contribution >= 0.6 is 0 Å². The third-order valence-electron chi connectivity index (χ3n) is 3.53. The maximum absolute atomic E-state index is 12.0. The molecule has 24 heavy (non-hydrogen) atoms. The molecule has 3 atom stereocenters. The Balaban J connectivity index is 2.98. The fourth-order valence-corrected chi connectivity index (χ4v) is 2.50. The Morgan fingerprint density at radius 3 is 1.67 bits per heavy atom. The minimum atomic E-state index is -1.24. The Kier molecular flexibility index (Phi) is 6.16. The van der Waals surface area contributed by atoms with Crippen molar-refractivity contribution in [2.75, 3.05) is 21.3 Å². The van der Waals surface area contributed by atoms with Gasteiger partial charge in [0.25, 0.3) is 0 Å². The fourth-order valence-electron chi connectivity index (χ4n) is 2.50. The molecule has 2 unspecified atom stereocenters. The number of amides is 1. The van der Waals surface area contributed by atoms with Crippen molar-refractivity contribution in [1.82, 2.24) is 5.32 Å². The van der Waals surface area contributed by atoms with Crippen LogP contribution in [0.2, 0.25) is 0 Å². The van der Waals surface area contributed by atoms with Gasteiger partial charge in [0, 0.05) is 5.92 Å². The Morgan fingerprint density at radius 1 is 0.875 bits per heavy atom. The van der Waals surface area contributed by atoms with E-state index in [9.17, 15) is 19.2 Å².